The van der Waals surface area contributed by atoms with Crippen molar-refractivity contribution in [3.63, 3.8) is 0 Å². The molecule has 1 unspecified atom stereocenters. The predicted molar refractivity (Wildman–Crippen MR) is 122 cm³/mol. The second kappa shape index (κ2) is 8.79. The molecule has 2 aromatic carbocycles. The van der Waals surface area contributed by atoms with Gasteiger partial charge in [0.05, 0.1) is 22.3 Å². The molecule has 0 aliphatic heterocycles. The highest BCUT2D eigenvalue weighted by molar-refractivity contribution is 6.33. The van der Waals surface area contributed by atoms with Gasteiger partial charge in [-0.2, -0.15) is 13.2 Å². The number of carbonyl (C=O) groups is 1. The molecular weight excluding hydrogens is 471 g/mol. The average molecular weight is 492 g/mol. The molecule has 1 aliphatic rings. The van der Waals surface area contributed by atoms with E-state index in [1.165, 1.54) is 24.6 Å². The Hall–Kier alpha value is -3.33. The van der Waals surface area contributed by atoms with Gasteiger partial charge < -0.3 is 10.1 Å². The van der Waals surface area contributed by atoms with Crippen molar-refractivity contribution in [2.75, 3.05) is 5.32 Å². The summed E-state index contributed by atoms with van der Waals surface area (Å²) >= 11 is 6.13. The molecule has 1 aliphatic carbocycles. The van der Waals surface area contributed by atoms with Gasteiger partial charge >= 0.3 is 12.1 Å². The smallest absolute Gasteiger partial charge is 0.416 e. The Labute approximate surface area is 198 Å². The van der Waals surface area contributed by atoms with Crippen LogP contribution in [0.3, 0.4) is 0 Å². The molecule has 0 saturated heterocycles. The molecule has 4 rings (SSSR count). The Bertz CT molecular complexity index is 1340. The van der Waals surface area contributed by atoms with Gasteiger partial charge in [0, 0.05) is 26.0 Å². The Morgan fingerprint density at radius 3 is 2.59 bits per heavy atom. The standard InChI is InChI=1S/C24H21ClF3N3O3/c1-12-20(30-21-16-7-5-4-6-14(16)10-19(21)34-13(2)32)23(33)31(3)22(29-12)17-9-8-15(11-18(17)25)24(26,27)28/h4-9,11,19,21,30H,10H2,1-3H3/t19-,21?/m0/s1. The summed E-state index contributed by atoms with van der Waals surface area (Å²) in [4.78, 5) is 29.4. The van der Waals surface area contributed by atoms with E-state index >= 15 is 0 Å². The summed E-state index contributed by atoms with van der Waals surface area (Å²) in [6.07, 6.45) is -4.55. The Balaban J connectivity index is 1.74. The maximum absolute atomic E-state index is 13.3. The highest BCUT2D eigenvalue weighted by Crippen LogP contribution is 2.37. The minimum Gasteiger partial charge on any atom is -0.460 e. The molecule has 0 spiro atoms. The number of nitrogens with one attached hydrogen (secondary N) is 1. The molecule has 178 valence electrons. The molecule has 1 heterocycles. The first kappa shape index (κ1) is 23.8. The number of esters is 1. The van der Waals surface area contributed by atoms with Crippen molar-refractivity contribution in [3.05, 3.63) is 80.2 Å². The fourth-order valence-electron chi connectivity index (χ4n) is 4.20. The van der Waals surface area contributed by atoms with Crippen LogP contribution in [-0.4, -0.2) is 21.6 Å². The second-order valence-corrected chi connectivity index (χ2v) is 8.53. The van der Waals surface area contributed by atoms with Gasteiger partial charge in [-0.25, -0.2) is 4.98 Å². The number of rotatable bonds is 4. The SMILES string of the molecule is CC(=O)O[C@H]1Cc2ccccc2C1Nc1c(C)nc(-c2ccc(C(F)(F)F)cc2Cl)n(C)c1=O. The van der Waals surface area contributed by atoms with Crippen molar-refractivity contribution in [1.82, 2.24) is 9.55 Å². The molecule has 1 N–H and O–H groups in total. The van der Waals surface area contributed by atoms with E-state index in [2.05, 4.69) is 10.3 Å². The molecule has 3 aromatic rings. The fraction of sp³-hybridized carbons (Fsp3) is 0.292. The topological polar surface area (TPSA) is 73.2 Å². The van der Waals surface area contributed by atoms with Gasteiger partial charge in [0.1, 0.15) is 17.6 Å². The van der Waals surface area contributed by atoms with Gasteiger partial charge in [-0.1, -0.05) is 35.9 Å². The Kier molecular flexibility index (Phi) is 6.16. The molecule has 34 heavy (non-hydrogen) atoms. The van der Waals surface area contributed by atoms with E-state index in [1.807, 2.05) is 24.3 Å². The van der Waals surface area contributed by atoms with E-state index < -0.39 is 35.4 Å². The lowest BCUT2D eigenvalue weighted by Gasteiger charge is -2.24. The van der Waals surface area contributed by atoms with Crippen LogP contribution in [0.5, 0.6) is 0 Å². The summed E-state index contributed by atoms with van der Waals surface area (Å²) in [5.41, 5.74) is 1.31. The fourth-order valence-corrected chi connectivity index (χ4v) is 4.46. The molecule has 0 amide bonds. The number of hydrogen-bond acceptors (Lipinski definition) is 5. The molecule has 0 saturated carbocycles. The summed E-state index contributed by atoms with van der Waals surface area (Å²) in [6, 6.07) is 10.0. The first-order valence-electron chi connectivity index (χ1n) is 10.4. The highest BCUT2D eigenvalue weighted by atomic mass is 35.5. The zero-order chi connectivity index (χ0) is 24.8. The number of aromatic nitrogens is 2. The van der Waals surface area contributed by atoms with E-state index in [0.29, 0.717) is 12.1 Å². The third-order valence-corrected chi connectivity index (χ3v) is 6.12. The Morgan fingerprint density at radius 2 is 1.94 bits per heavy atom. The first-order chi connectivity index (χ1) is 16.0. The Morgan fingerprint density at radius 1 is 1.24 bits per heavy atom. The number of anilines is 1. The van der Waals surface area contributed by atoms with Gasteiger partial charge in [-0.15, -0.1) is 0 Å². The van der Waals surface area contributed by atoms with Crippen LogP contribution in [-0.2, 0) is 29.2 Å². The molecule has 10 heteroatoms. The summed E-state index contributed by atoms with van der Waals surface area (Å²) in [7, 11) is 1.47. The van der Waals surface area contributed by atoms with Crippen molar-refractivity contribution in [1.29, 1.82) is 0 Å². The number of alkyl halides is 3. The quantitative estimate of drug-likeness (QED) is 0.516. The maximum atomic E-state index is 13.3. The van der Waals surface area contributed by atoms with Gasteiger partial charge in [-0.3, -0.25) is 14.2 Å². The van der Waals surface area contributed by atoms with Crippen molar-refractivity contribution >= 4 is 23.3 Å². The van der Waals surface area contributed by atoms with Crippen molar-refractivity contribution in [2.24, 2.45) is 7.05 Å². The molecule has 0 bridgehead atoms. The van der Waals surface area contributed by atoms with Gasteiger partial charge in [0.2, 0.25) is 0 Å². The lowest BCUT2D eigenvalue weighted by molar-refractivity contribution is -0.146. The minimum absolute atomic E-state index is 0.134. The zero-order valence-electron chi connectivity index (χ0n) is 18.5. The number of aryl methyl sites for hydroxylation is 1. The molecule has 1 aromatic heterocycles. The van der Waals surface area contributed by atoms with E-state index in [1.54, 1.807) is 6.92 Å². The zero-order valence-corrected chi connectivity index (χ0v) is 19.3. The van der Waals surface area contributed by atoms with E-state index in [9.17, 15) is 22.8 Å². The van der Waals surface area contributed by atoms with E-state index in [4.69, 9.17) is 16.3 Å². The van der Waals surface area contributed by atoms with Gasteiger partial charge in [0.25, 0.3) is 5.56 Å². The third kappa shape index (κ3) is 4.40. The summed E-state index contributed by atoms with van der Waals surface area (Å²) < 4.78 is 45.7. The van der Waals surface area contributed by atoms with Crippen molar-refractivity contribution in [3.8, 4) is 11.4 Å². The van der Waals surface area contributed by atoms with Crippen LogP contribution in [0.2, 0.25) is 5.02 Å². The first-order valence-corrected chi connectivity index (χ1v) is 10.8. The van der Waals surface area contributed by atoms with Crippen LogP contribution in [0.15, 0.2) is 47.3 Å². The van der Waals surface area contributed by atoms with Crippen LogP contribution in [0, 0.1) is 6.92 Å². The summed E-state index contributed by atoms with van der Waals surface area (Å²) in [5.74, 6) is -0.296. The minimum atomic E-state index is -4.54. The predicted octanol–water partition coefficient (Wildman–Crippen LogP) is 5.07. The second-order valence-electron chi connectivity index (χ2n) is 8.13. The highest BCUT2D eigenvalue weighted by Gasteiger charge is 2.36. The number of halogens is 4. The number of benzene rings is 2. The van der Waals surface area contributed by atoms with Crippen LogP contribution < -0.4 is 10.9 Å². The normalized spacial score (nSPS) is 17.4. The molecule has 2 atom stereocenters. The largest absolute Gasteiger partial charge is 0.460 e. The maximum Gasteiger partial charge on any atom is 0.416 e. The molecule has 0 radical (unpaired) electrons. The number of fused-ring (bicyclic) bond motifs is 1. The van der Waals surface area contributed by atoms with Crippen molar-refractivity contribution < 1.29 is 22.7 Å². The molecular formula is C24H21ClF3N3O3. The average Bonchev–Trinajstić information content (AvgIpc) is 3.09. The van der Waals surface area contributed by atoms with Gasteiger partial charge in [-0.05, 0) is 36.2 Å². The number of nitrogens with zero attached hydrogens (tertiary/aromatic N) is 2. The third-order valence-electron chi connectivity index (χ3n) is 5.81. The lowest BCUT2D eigenvalue weighted by atomic mass is 10.1. The van der Waals surface area contributed by atoms with E-state index in [0.717, 1.165) is 23.3 Å². The summed E-state index contributed by atoms with van der Waals surface area (Å²) in [5, 5.41) is 3.03. The van der Waals surface area contributed by atoms with Crippen molar-refractivity contribution in [2.45, 2.75) is 38.6 Å². The molecule has 0 fully saturated rings. The lowest BCUT2D eigenvalue weighted by Crippen LogP contribution is -2.31. The number of ether oxygens (including phenoxy) is 1. The number of carbonyl (C=O) groups excluding carboxylic acids is 1. The van der Waals surface area contributed by atoms with Crippen LogP contribution in [0.4, 0.5) is 18.9 Å². The van der Waals surface area contributed by atoms with Crippen LogP contribution >= 0.6 is 11.6 Å². The van der Waals surface area contributed by atoms with Crippen LogP contribution in [0.1, 0.15) is 35.3 Å². The summed E-state index contributed by atoms with van der Waals surface area (Å²) in [6.45, 7) is 2.95. The van der Waals surface area contributed by atoms with Crippen LogP contribution in [0.25, 0.3) is 11.4 Å². The number of hydrogen-bond donors (Lipinski definition) is 1. The van der Waals surface area contributed by atoms with Gasteiger partial charge in [0.15, 0.2) is 0 Å². The molecule has 6 nitrogen and oxygen atoms in total. The van der Waals surface area contributed by atoms with E-state index in [-0.39, 0.29) is 22.1 Å². The monoisotopic (exact) mass is 491 g/mol.